The van der Waals surface area contributed by atoms with Crippen molar-refractivity contribution in [3.05, 3.63) is 33.7 Å². The van der Waals surface area contributed by atoms with Crippen LogP contribution in [0.1, 0.15) is 32.9 Å². The fourth-order valence-electron chi connectivity index (χ4n) is 2.98. The van der Waals surface area contributed by atoms with Gasteiger partial charge in [-0.3, -0.25) is 18.9 Å². The van der Waals surface area contributed by atoms with E-state index in [4.69, 9.17) is 0 Å². The van der Waals surface area contributed by atoms with Crippen LogP contribution in [0.2, 0.25) is 0 Å². The number of fused-ring (bicyclic) bond motifs is 1. The zero-order chi connectivity index (χ0) is 16.8. The van der Waals surface area contributed by atoms with Crippen molar-refractivity contribution >= 4 is 28.2 Å². The summed E-state index contributed by atoms with van der Waals surface area (Å²) in [5.41, 5.74) is -0.703. The number of carbonyl (C=O) groups is 2. The fourth-order valence-corrected chi connectivity index (χ4v) is 3.71. The standard InChI is InChI=1S/C15H18N4O3S/c1-9(2)7-15(3)12(21)19(13(22)17-15)8-10-6-11(20)18-4-5-23-14(18)16-10/h4-6,9H,7-8H2,1-3H3,(H,17,22)/t15-/m0/s1. The number of urea groups is 1. The number of hydrogen-bond donors (Lipinski definition) is 1. The van der Waals surface area contributed by atoms with Gasteiger partial charge in [0.1, 0.15) is 5.54 Å². The zero-order valence-corrected chi connectivity index (χ0v) is 14.0. The van der Waals surface area contributed by atoms with E-state index in [0.29, 0.717) is 17.1 Å². The van der Waals surface area contributed by atoms with Crippen LogP contribution in [-0.2, 0) is 11.3 Å². The van der Waals surface area contributed by atoms with Crippen LogP contribution in [0.4, 0.5) is 4.79 Å². The van der Waals surface area contributed by atoms with Crippen LogP contribution in [0.15, 0.2) is 22.4 Å². The second-order valence-electron chi connectivity index (χ2n) is 6.39. The van der Waals surface area contributed by atoms with E-state index in [9.17, 15) is 14.4 Å². The van der Waals surface area contributed by atoms with Gasteiger partial charge in [0.25, 0.3) is 11.5 Å². The number of amides is 3. The summed E-state index contributed by atoms with van der Waals surface area (Å²) in [6.45, 7) is 5.74. The molecule has 1 fully saturated rings. The lowest BCUT2D eigenvalue weighted by molar-refractivity contribution is -0.131. The zero-order valence-electron chi connectivity index (χ0n) is 13.2. The summed E-state index contributed by atoms with van der Waals surface area (Å²) in [6.07, 6.45) is 2.21. The van der Waals surface area contributed by atoms with Gasteiger partial charge in [0.15, 0.2) is 4.96 Å². The highest BCUT2D eigenvalue weighted by Gasteiger charge is 2.47. The molecule has 3 heterocycles. The number of thiazole rings is 1. The highest BCUT2D eigenvalue weighted by atomic mass is 32.1. The third kappa shape index (κ3) is 2.74. The minimum Gasteiger partial charge on any atom is -0.323 e. The van der Waals surface area contributed by atoms with E-state index in [1.54, 1.807) is 18.5 Å². The monoisotopic (exact) mass is 334 g/mol. The van der Waals surface area contributed by atoms with Crippen LogP contribution in [0.25, 0.3) is 4.96 Å². The molecule has 0 spiro atoms. The molecule has 0 aromatic carbocycles. The normalized spacial score (nSPS) is 21.5. The number of carbonyl (C=O) groups excluding carboxylic acids is 2. The van der Waals surface area contributed by atoms with E-state index < -0.39 is 11.6 Å². The molecular weight excluding hydrogens is 316 g/mol. The van der Waals surface area contributed by atoms with Gasteiger partial charge in [-0.2, -0.15) is 0 Å². The van der Waals surface area contributed by atoms with Gasteiger partial charge < -0.3 is 5.32 Å². The van der Waals surface area contributed by atoms with Crippen LogP contribution >= 0.6 is 11.3 Å². The van der Waals surface area contributed by atoms with Crippen molar-refractivity contribution in [2.45, 2.75) is 39.3 Å². The third-order valence-electron chi connectivity index (χ3n) is 3.84. The van der Waals surface area contributed by atoms with Gasteiger partial charge in [-0.25, -0.2) is 9.78 Å². The maximum absolute atomic E-state index is 12.6. The average Bonchev–Trinajstić information content (AvgIpc) is 2.98. The molecule has 0 radical (unpaired) electrons. The number of hydrogen-bond acceptors (Lipinski definition) is 5. The average molecular weight is 334 g/mol. The molecule has 3 amide bonds. The van der Waals surface area contributed by atoms with Crippen molar-refractivity contribution in [1.82, 2.24) is 19.6 Å². The molecule has 2 aromatic heterocycles. The number of nitrogens with one attached hydrogen (secondary N) is 1. The first-order valence-corrected chi connectivity index (χ1v) is 8.28. The number of nitrogens with zero attached hydrogens (tertiary/aromatic N) is 3. The number of imide groups is 1. The highest BCUT2D eigenvalue weighted by molar-refractivity contribution is 7.15. The minimum atomic E-state index is -0.896. The minimum absolute atomic E-state index is 0.00198. The Balaban J connectivity index is 1.88. The van der Waals surface area contributed by atoms with E-state index in [2.05, 4.69) is 10.3 Å². The molecule has 7 nitrogen and oxygen atoms in total. The van der Waals surface area contributed by atoms with Crippen LogP contribution in [0.5, 0.6) is 0 Å². The molecule has 0 saturated carbocycles. The Morgan fingerprint density at radius 1 is 1.35 bits per heavy atom. The molecule has 0 bridgehead atoms. The summed E-state index contributed by atoms with van der Waals surface area (Å²) < 4.78 is 1.43. The molecule has 1 N–H and O–H groups in total. The van der Waals surface area contributed by atoms with Gasteiger partial charge in [-0.1, -0.05) is 13.8 Å². The number of rotatable bonds is 4. The summed E-state index contributed by atoms with van der Waals surface area (Å²) in [7, 11) is 0. The van der Waals surface area contributed by atoms with Crippen molar-refractivity contribution in [2.24, 2.45) is 5.92 Å². The van der Waals surface area contributed by atoms with E-state index in [0.717, 1.165) is 4.90 Å². The van der Waals surface area contributed by atoms with Crippen LogP contribution < -0.4 is 10.9 Å². The second kappa shape index (κ2) is 5.45. The van der Waals surface area contributed by atoms with Gasteiger partial charge in [-0.15, -0.1) is 11.3 Å². The molecular formula is C15H18N4O3S. The molecule has 2 aromatic rings. The molecule has 3 rings (SSSR count). The summed E-state index contributed by atoms with van der Waals surface area (Å²) in [4.78, 5) is 42.8. The van der Waals surface area contributed by atoms with Crippen molar-refractivity contribution in [2.75, 3.05) is 0 Å². The molecule has 0 aliphatic carbocycles. The maximum Gasteiger partial charge on any atom is 0.325 e. The van der Waals surface area contributed by atoms with Crippen molar-refractivity contribution in [3.8, 4) is 0 Å². The van der Waals surface area contributed by atoms with E-state index >= 15 is 0 Å². The fraction of sp³-hybridized carbons (Fsp3) is 0.467. The molecule has 1 aliphatic heterocycles. The van der Waals surface area contributed by atoms with Crippen LogP contribution in [0, 0.1) is 5.92 Å². The summed E-state index contributed by atoms with van der Waals surface area (Å²) in [5.74, 6) is -0.00110. The van der Waals surface area contributed by atoms with Gasteiger partial charge in [0.2, 0.25) is 0 Å². The quantitative estimate of drug-likeness (QED) is 0.861. The van der Waals surface area contributed by atoms with Crippen LogP contribution in [0.3, 0.4) is 0 Å². The summed E-state index contributed by atoms with van der Waals surface area (Å²) in [6, 6.07) is 0.921. The van der Waals surface area contributed by atoms with Crippen molar-refractivity contribution < 1.29 is 9.59 Å². The van der Waals surface area contributed by atoms with Gasteiger partial charge in [0.05, 0.1) is 12.2 Å². The maximum atomic E-state index is 12.6. The number of aromatic nitrogens is 2. The van der Waals surface area contributed by atoms with E-state index in [1.807, 2.05) is 13.8 Å². The molecule has 0 unspecified atom stereocenters. The first-order valence-electron chi connectivity index (χ1n) is 7.40. The summed E-state index contributed by atoms with van der Waals surface area (Å²) in [5, 5.41) is 4.52. The Kier molecular flexibility index (Phi) is 3.71. The predicted molar refractivity (Wildman–Crippen MR) is 86.3 cm³/mol. The molecule has 1 aliphatic rings. The van der Waals surface area contributed by atoms with Gasteiger partial charge in [0, 0.05) is 17.6 Å². The van der Waals surface area contributed by atoms with E-state index in [1.165, 1.54) is 21.8 Å². The van der Waals surface area contributed by atoms with E-state index in [-0.39, 0.29) is 23.9 Å². The van der Waals surface area contributed by atoms with Crippen LogP contribution in [-0.4, -0.2) is 31.8 Å². The Morgan fingerprint density at radius 3 is 2.78 bits per heavy atom. The SMILES string of the molecule is CC(C)C[C@]1(C)NC(=O)N(Cc2cc(=O)n3ccsc3n2)C1=O. The highest BCUT2D eigenvalue weighted by Crippen LogP contribution is 2.26. The molecule has 1 atom stereocenters. The first kappa shape index (κ1) is 15.7. The molecule has 8 heteroatoms. The van der Waals surface area contributed by atoms with Crippen molar-refractivity contribution in [1.29, 1.82) is 0 Å². The largest absolute Gasteiger partial charge is 0.325 e. The third-order valence-corrected chi connectivity index (χ3v) is 4.59. The molecule has 23 heavy (non-hydrogen) atoms. The topological polar surface area (TPSA) is 83.8 Å². The Labute approximate surface area is 136 Å². The van der Waals surface area contributed by atoms with Gasteiger partial charge in [-0.05, 0) is 19.3 Å². The van der Waals surface area contributed by atoms with Crippen molar-refractivity contribution in [3.63, 3.8) is 0 Å². The molecule has 1 saturated heterocycles. The van der Waals surface area contributed by atoms with Gasteiger partial charge >= 0.3 is 6.03 Å². The Morgan fingerprint density at radius 2 is 2.09 bits per heavy atom. The first-order chi connectivity index (χ1) is 10.8. The Bertz CT molecular complexity index is 841. The second-order valence-corrected chi connectivity index (χ2v) is 7.27. The predicted octanol–water partition coefficient (Wildman–Crippen LogP) is 1.61. The Hall–Kier alpha value is -2.22. The lowest BCUT2D eigenvalue weighted by Gasteiger charge is -2.23. The smallest absolute Gasteiger partial charge is 0.323 e. The molecule has 122 valence electrons. The summed E-state index contributed by atoms with van der Waals surface area (Å²) >= 11 is 1.33. The lowest BCUT2D eigenvalue weighted by atomic mass is 9.91. The lowest BCUT2D eigenvalue weighted by Crippen LogP contribution is -2.44.